The molecule has 3 heterocycles. The topological polar surface area (TPSA) is 92.1 Å². The van der Waals surface area contributed by atoms with Crippen molar-refractivity contribution in [3.63, 3.8) is 0 Å². The molecule has 0 bridgehead atoms. The number of ether oxygens (including phenoxy) is 1. The summed E-state index contributed by atoms with van der Waals surface area (Å²) in [5.74, 6) is 1.64. The van der Waals surface area contributed by atoms with Gasteiger partial charge in [-0.1, -0.05) is 18.2 Å². The van der Waals surface area contributed by atoms with Crippen LogP contribution in [0.4, 0.5) is 0 Å². The number of benzene rings is 2. The highest BCUT2D eigenvalue weighted by molar-refractivity contribution is 5.75. The fraction of sp³-hybridized carbons (Fsp3) is 0.120. The number of fused-ring (bicyclic) bond motifs is 1. The Morgan fingerprint density at radius 1 is 0.970 bits per heavy atom. The molecule has 8 heteroatoms. The van der Waals surface area contributed by atoms with Crippen LogP contribution in [-0.2, 0) is 6.54 Å². The highest BCUT2D eigenvalue weighted by Gasteiger charge is 2.19. The highest BCUT2D eigenvalue weighted by Crippen LogP contribution is 2.22. The number of rotatable bonds is 5. The smallest absolute Gasteiger partial charge is 0.337 e. The van der Waals surface area contributed by atoms with Crippen LogP contribution >= 0.6 is 0 Å². The van der Waals surface area contributed by atoms with E-state index in [2.05, 4.69) is 9.97 Å². The molecule has 5 aromatic rings. The first-order valence-corrected chi connectivity index (χ1v) is 10.3. The first-order valence-electron chi connectivity index (χ1n) is 10.3. The molecule has 0 amide bonds. The predicted octanol–water partition coefficient (Wildman–Crippen LogP) is 3.57. The lowest BCUT2D eigenvalue weighted by molar-refractivity contribution is 0.414. The molecule has 0 aliphatic heterocycles. The van der Waals surface area contributed by atoms with Crippen molar-refractivity contribution in [1.82, 2.24) is 19.1 Å². The Bertz CT molecular complexity index is 1560. The van der Waals surface area contributed by atoms with Crippen LogP contribution in [0.5, 0.6) is 5.75 Å². The Hall–Kier alpha value is -4.46. The summed E-state index contributed by atoms with van der Waals surface area (Å²) in [4.78, 5) is 35.7. The van der Waals surface area contributed by atoms with Crippen molar-refractivity contribution < 1.29 is 9.15 Å². The van der Waals surface area contributed by atoms with E-state index < -0.39 is 11.2 Å². The summed E-state index contributed by atoms with van der Waals surface area (Å²) in [6.45, 7) is 1.74. The molecule has 0 saturated carbocycles. The van der Waals surface area contributed by atoms with Crippen LogP contribution < -0.4 is 16.0 Å². The zero-order valence-electron chi connectivity index (χ0n) is 18.1. The van der Waals surface area contributed by atoms with Gasteiger partial charge >= 0.3 is 5.69 Å². The molecule has 33 heavy (non-hydrogen) atoms. The van der Waals surface area contributed by atoms with Crippen molar-refractivity contribution in [2.75, 3.05) is 7.11 Å². The second-order valence-electron chi connectivity index (χ2n) is 7.47. The molecule has 0 N–H and O–H groups in total. The van der Waals surface area contributed by atoms with Crippen molar-refractivity contribution in [3.8, 4) is 22.9 Å². The zero-order chi connectivity index (χ0) is 22.9. The minimum atomic E-state index is -0.514. The van der Waals surface area contributed by atoms with Gasteiger partial charge < -0.3 is 9.15 Å². The third-order valence-corrected chi connectivity index (χ3v) is 5.45. The van der Waals surface area contributed by atoms with E-state index in [9.17, 15) is 9.59 Å². The number of aromatic nitrogens is 4. The van der Waals surface area contributed by atoms with Gasteiger partial charge in [-0.2, -0.15) is 0 Å². The number of methoxy groups -OCH3 is 1. The minimum Gasteiger partial charge on any atom is -0.497 e. The van der Waals surface area contributed by atoms with Crippen LogP contribution in [0.15, 0.2) is 86.9 Å². The van der Waals surface area contributed by atoms with Crippen LogP contribution in [0.1, 0.15) is 11.5 Å². The molecule has 0 saturated heterocycles. The van der Waals surface area contributed by atoms with E-state index in [1.807, 2.05) is 30.3 Å². The Morgan fingerprint density at radius 2 is 1.73 bits per heavy atom. The fourth-order valence-corrected chi connectivity index (χ4v) is 3.72. The largest absolute Gasteiger partial charge is 0.497 e. The summed E-state index contributed by atoms with van der Waals surface area (Å²) < 4.78 is 13.6. The molecule has 3 aromatic heterocycles. The van der Waals surface area contributed by atoms with Crippen molar-refractivity contribution in [2.45, 2.75) is 13.5 Å². The highest BCUT2D eigenvalue weighted by atomic mass is 16.5. The average molecular weight is 440 g/mol. The Balaban J connectivity index is 1.67. The van der Waals surface area contributed by atoms with Gasteiger partial charge in [0.25, 0.3) is 5.56 Å². The maximum absolute atomic E-state index is 13.5. The molecule has 0 radical (unpaired) electrons. The second kappa shape index (κ2) is 8.23. The first-order chi connectivity index (χ1) is 16.1. The molecule has 0 unspecified atom stereocenters. The standard InChI is InChI=1S/C25H20N4O4/c1-16-21(27-23(33-16)17-7-4-3-5-8-17)15-28-24(30)20-9-6-14-26-22(20)29(25(28)31)18-10-12-19(32-2)13-11-18/h3-14H,15H2,1-2H3. The maximum atomic E-state index is 13.5. The van der Waals surface area contributed by atoms with Gasteiger partial charge in [-0.15, -0.1) is 0 Å². The van der Waals surface area contributed by atoms with Crippen molar-refractivity contribution >= 4 is 11.0 Å². The molecule has 0 atom stereocenters. The zero-order valence-corrected chi connectivity index (χ0v) is 18.1. The average Bonchev–Trinajstić information content (AvgIpc) is 3.23. The number of hydrogen-bond acceptors (Lipinski definition) is 6. The van der Waals surface area contributed by atoms with E-state index >= 15 is 0 Å². The molecule has 0 fully saturated rings. The predicted molar refractivity (Wildman–Crippen MR) is 124 cm³/mol. The molecule has 0 aliphatic rings. The number of pyridine rings is 1. The maximum Gasteiger partial charge on any atom is 0.337 e. The van der Waals surface area contributed by atoms with Gasteiger partial charge in [0.1, 0.15) is 17.2 Å². The van der Waals surface area contributed by atoms with E-state index in [1.165, 1.54) is 4.57 Å². The fourth-order valence-electron chi connectivity index (χ4n) is 3.72. The van der Waals surface area contributed by atoms with E-state index in [-0.39, 0.29) is 12.2 Å². The van der Waals surface area contributed by atoms with Gasteiger partial charge in [0.05, 0.1) is 24.7 Å². The van der Waals surface area contributed by atoms with Crippen molar-refractivity contribution in [1.29, 1.82) is 0 Å². The second-order valence-corrected chi connectivity index (χ2v) is 7.47. The molecule has 164 valence electrons. The van der Waals surface area contributed by atoms with E-state index in [4.69, 9.17) is 9.15 Å². The SMILES string of the molecule is COc1ccc(-n2c(=O)n(Cc3nc(-c4ccccc4)oc3C)c(=O)c3cccnc32)cc1. The summed E-state index contributed by atoms with van der Waals surface area (Å²) in [5.41, 5.74) is 1.24. The van der Waals surface area contributed by atoms with Crippen molar-refractivity contribution in [2.24, 2.45) is 0 Å². The lowest BCUT2D eigenvalue weighted by Crippen LogP contribution is -2.40. The lowest BCUT2D eigenvalue weighted by Gasteiger charge is -2.13. The Morgan fingerprint density at radius 3 is 2.45 bits per heavy atom. The van der Waals surface area contributed by atoms with Crippen LogP contribution in [0.3, 0.4) is 0 Å². The molecule has 2 aromatic carbocycles. The molecular weight excluding hydrogens is 420 g/mol. The molecule has 5 rings (SSSR count). The lowest BCUT2D eigenvalue weighted by atomic mass is 10.2. The Labute approximate surface area is 188 Å². The minimum absolute atomic E-state index is 0.0270. The summed E-state index contributed by atoms with van der Waals surface area (Å²) in [6, 6.07) is 19.8. The van der Waals surface area contributed by atoms with Gasteiger partial charge in [0, 0.05) is 11.8 Å². The van der Waals surface area contributed by atoms with Gasteiger partial charge in [-0.3, -0.25) is 9.36 Å². The molecule has 0 aliphatic carbocycles. The summed E-state index contributed by atoms with van der Waals surface area (Å²) in [7, 11) is 1.57. The molecule has 0 spiro atoms. The number of aryl methyl sites for hydroxylation is 1. The first kappa shape index (κ1) is 20.4. The summed E-state index contributed by atoms with van der Waals surface area (Å²) in [5, 5.41) is 0.331. The van der Waals surface area contributed by atoms with Gasteiger partial charge in [0.2, 0.25) is 5.89 Å². The number of nitrogens with zero attached hydrogens (tertiary/aromatic N) is 4. The molecule has 8 nitrogen and oxygen atoms in total. The third kappa shape index (κ3) is 3.61. The summed E-state index contributed by atoms with van der Waals surface area (Å²) in [6.07, 6.45) is 1.56. The van der Waals surface area contributed by atoms with Crippen LogP contribution in [0, 0.1) is 6.92 Å². The normalized spacial score (nSPS) is 11.1. The van der Waals surface area contributed by atoms with E-state index in [1.54, 1.807) is 56.6 Å². The Kier molecular flexibility index (Phi) is 5.10. The van der Waals surface area contributed by atoms with Gasteiger partial charge in [-0.05, 0) is 55.5 Å². The quantitative estimate of drug-likeness (QED) is 0.415. The van der Waals surface area contributed by atoms with Crippen LogP contribution in [-0.4, -0.2) is 26.2 Å². The third-order valence-electron chi connectivity index (χ3n) is 5.45. The van der Waals surface area contributed by atoms with Crippen LogP contribution in [0.25, 0.3) is 28.2 Å². The monoisotopic (exact) mass is 440 g/mol. The summed E-state index contributed by atoms with van der Waals surface area (Å²) >= 11 is 0. The van der Waals surface area contributed by atoms with Crippen molar-refractivity contribution in [3.05, 3.63) is 105 Å². The van der Waals surface area contributed by atoms with E-state index in [0.29, 0.717) is 34.2 Å². The number of hydrogen-bond donors (Lipinski definition) is 0. The van der Waals surface area contributed by atoms with Gasteiger partial charge in [0.15, 0.2) is 5.65 Å². The van der Waals surface area contributed by atoms with Crippen LogP contribution in [0.2, 0.25) is 0 Å². The number of oxazole rings is 1. The van der Waals surface area contributed by atoms with Gasteiger partial charge in [-0.25, -0.2) is 19.3 Å². The van der Waals surface area contributed by atoms with E-state index in [0.717, 1.165) is 10.1 Å². The molecular formula is C25H20N4O4.